The number of nitrogens with zero attached hydrogens (tertiary/aromatic N) is 3. The second-order valence-corrected chi connectivity index (χ2v) is 6.46. The molecule has 4 aromatic rings. The first-order valence-corrected chi connectivity index (χ1v) is 9.11. The van der Waals surface area contributed by atoms with Crippen molar-refractivity contribution in [1.82, 2.24) is 20.1 Å². The summed E-state index contributed by atoms with van der Waals surface area (Å²) in [6.07, 6.45) is 3.44. The number of pyridine rings is 1. The van der Waals surface area contributed by atoms with Gasteiger partial charge in [-0.2, -0.15) is 5.10 Å². The Kier molecular flexibility index (Phi) is 4.97. The summed E-state index contributed by atoms with van der Waals surface area (Å²) < 4.78 is 1.84. The van der Waals surface area contributed by atoms with Gasteiger partial charge < -0.3 is 5.32 Å². The summed E-state index contributed by atoms with van der Waals surface area (Å²) >= 11 is 0. The van der Waals surface area contributed by atoms with Crippen LogP contribution in [0.15, 0.2) is 85.2 Å². The topological polar surface area (TPSA) is 59.8 Å². The highest BCUT2D eigenvalue weighted by Crippen LogP contribution is 2.29. The van der Waals surface area contributed by atoms with Gasteiger partial charge in [0.15, 0.2) is 0 Å². The second kappa shape index (κ2) is 7.88. The Morgan fingerprint density at radius 3 is 2.25 bits per heavy atom. The van der Waals surface area contributed by atoms with Crippen LogP contribution in [0.3, 0.4) is 0 Å². The minimum atomic E-state index is -0.143. The molecule has 138 valence electrons. The van der Waals surface area contributed by atoms with E-state index in [4.69, 9.17) is 0 Å². The predicted molar refractivity (Wildman–Crippen MR) is 109 cm³/mol. The zero-order valence-corrected chi connectivity index (χ0v) is 15.5. The Balaban J connectivity index is 1.76. The SMILES string of the molecule is Cc1nn(-c2ccccc2)c(-c2ccccc2)c1C(=O)NCc1ccncc1. The molecule has 0 unspecified atom stereocenters. The maximum absolute atomic E-state index is 13.1. The number of carbonyl (C=O) groups is 1. The second-order valence-electron chi connectivity index (χ2n) is 6.46. The number of aryl methyl sites for hydroxylation is 1. The molecule has 2 aromatic heterocycles. The van der Waals surface area contributed by atoms with Crippen LogP contribution in [0.1, 0.15) is 21.6 Å². The fourth-order valence-corrected chi connectivity index (χ4v) is 3.19. The van der Waals surface area contributed by atoms with Gasteiger partial charge in [0.2, 0.25) is 0 Å². The highest BCUT2D eigenvalue weighted by Gasteiger charge is 2.23. The molecule has 2 heterocycles. The Bertz CT molecular complexity index is 1070. The van der Waals surface area contributed by atoms with E-state index in [-0.39, 0.29) is 5.91 Å². The molecule has 2 aromatic carbocycles. The zero-order chi connectivity index (χ0) is 19.3. The summed E-state index contributed by atoms with van der Waals surface area (Å²) in [6.45, 7) is 2.30. The molecule has 1 N–H and O–H groups in total. The molecule has 5 heteroatoms. The molecular formula is C23H20N4O. The molecule has 0 saturated heterocycles. The average molecular weight is 368 g/mol. The van der Waals surface area contributed by atoms with E-state index >= 15 is 0 Å². The van der Waals surface area contributed by atoms with E-state index in [2.05, 4.69) is 15.4 Å². The first-order valence-electron chi connectivity index (χ1n) is 9.11. The van der Waals surface area contributed by atoms with E-state index in [0.29, 0.717) is 17.8 Å². The van der Waals surface area contributed by atoms with Crippen LogP contribution in [0, 0.1) is 6.92 Å². The molecule has 0 radical (unpaired) electrons. The highest BCUT2D eigenvalue weighted by atomic mass is 16.1. The number of para-hydroxylation sites is 1. The lowest BCUT2D eigenvalue weighted by atomic mass is 10.0. The minimum absolute atomic E-state index is 0.143. The van der Waals surface area contributed by atoms with Gasteiger partial charge in [-0.25, -0.2) is 4.68 Å². The van der Waals surface area contributed by atoms with Crippen LogP contribution in [0.2, 0.25) is 0 Å². The first-order chi connectivity index (χ1) is 13.7. The maximum atomic E-state index is 13.1. The monoisotopic (exact) mass is 368 g/mol. The van der Waals surface area contributed by atoms with Crippen molar-refractivity contribution in [2.24, 2.45) is 0 Å². The summed E-state index contributed by atoms with van der Waals surface area (Å²) in [4.78, 5) is 17.1. The van der Waals surface area contributed by atoms with Crippen molar-refractivity contribution < 1.29 is 4.79 Å². The summed E-state index contributed by atoms with van der Waals surface area (Å²) in [5, 5.41) is 7.69. The molecule has 0 bridgehead atoms. The molecule has 0 fully saturated rings. The van der Waals surface area contributed by atoms with Crippen LogP contribution in [-0.2, 0) is 6.54 Å². The number of aromatic nitrogens is 3. The van der Waals surface area contributed by atoms with Gasteiger partial charge in [-0.1, -0.05) is 48.5 Å². The number of benzene rings is 2. The van der Waals surface area contributed by atoms with Crippen LogP contribution < -0.4 is 5.32 Å². The Labute approximate surface area is 163 Å². The van der Waals surface area contributed by atoms with E-state index in [1.54, 1.807) is 12.4 Å². The van der Waals surface area contributed by atoms with Gasteiger partial charge in [0.1, 0.15) is 0 Å². The molecule has 0 spiro atoms. The number of carbonyl (C=O) groups excluding carboxylic acids is 1. The highest BCUT2D eigenvalue weighted by molar-refractivity contribution is 6.01. The van der Waals surface area contributed by atoms with Gasteiger partial charge in [0.25, 0.3) is 5.91 Å². The lowest BCUT2D eigenvalue weighted by Gasteiger charge is -2.11. The summed E-state index contributed by atoms with van der Waals surface area (Å²) in [5.41, 5.74) is 4.92. The molecular weight excluding hydrogens is 348 g/mol. The zero-order valence-electron chi connectivity index (χ0n) is 15.5. The van der Waals surface area contributed by atoms with E-state index < -0.39 is 0 Å². The number of hydrogen-bond acceptors (Lipinski definition) is 3. The van der Waals surface area contributed by atoms with Crippen LogP contribution in [0.5, 0.6) is 0 Å². The molecule has 5 nitrogen and oxygen atoms in total. The minimum Gasteiger partial charge on any atom is -0.348 e. The number of amides is 1. The molecule has 1 amide bonds. The molecule has 0 aliphatic rings. The smallest absolute Gasteiger partial charge is 0.255 e. The van der Waals surface area contributed by atoms with Gasteiger partial charge >= 0.3 is 0 Å². The van der Waals surface area contributed by atoms with Gasteiger partial charge in [0, 0.05) is 24.5 Å². The van der Waals surface area contributed by atoms with E-state index in [0.717, 1.165) is 22.5 Å². The molecule has 28 heavy (non-hydrogen) atoms. The molecule has 0 aliphatic carbocycles. The van der Waals surface area contributed by atoms with Gasteiger partial charge in [-0.15, -0.1) is 0 Å². The molecule has 4 rings (SSSR count). The quantitative estimate of drug-likeness (QED) is 0.575. The van der Waals surface area contributed by atoms with Crippen molar-refractivity contribution in [2.45, 2.75) is 13.5 Å². The van der Waals surface area contributed by atoms with Crippen molar-refractivity contribution in [3.8, 4) is 16.9 Å². The van der Waals surface area contributed by atoms with Gasteiger partial charge in [0.05, 0.1) is 22.6 Å². The van der Waals surface area contributed by atoms with E-state index in [1.807, 2.05) is 84.4 Å². The van der Waals surface area contributed by atoms with E-state index in [1.165, 1.54) is 0 Å². The fraction of sp³-hybridized carbons (Fsp3) is 0.0870. The summed E-state index contributed by atoms with van der Waals surface area (Å²) in [7, 11) is 0. The fourth-order valence-electron chi connectivity index (χ4n) is 3.19. The van der Waals surface area contributed by atoms with E-state index in [9.17, 15) is 4.79 Å². The van der Waals surface area contributed by atoms with Crippen LogP contribution in [-0.4, -0.2) is 20.7 Å². The van der Waals surface area contributed by atoms with Crippen molar-refractivity contribution in [1.29, 1.82) is 0 Å². The summed E-state index contributed by atoms with van der Waals surface area (Å²) in [5.74, 6) is -0.143. The van der Waals surface area contributed by atoms with Crippen molar-refractivity contribution >= 4 is 5.91 Å². The largest absolute Gasteiger partial charge is 0.348 e. The lowest BCUT2D eigenvalue weighted by Crippen LogP contribution is -2.24. The number of nitrogens with one attached hydrogen (secondary N) is 1. The van der Waals surface area contributed by atoms with Gasteiger partial charge in [-0.05, 0) is 36.8 Å². The third-order valence-electron chi connectivity index (χ3n) is 4.54. The predicted octanol–water partition coefficient (Wildman–Crippen LogP) is 4.17. The normalized spacial score (nSPS) is 10.6. The number of rotatable bonds is 5. The van der Waals surface area contributed by atoms with Crippen LogP contribution >= 0.6 is 0 Å². The Morgan fingerprint density at radius 1 is 0.929 bits per heavy atom. The Morgan fingerprint density at radius 2 is 1.57 bits per heavy atom. The van der Waals surface area contributed by atoms with Crippen LogP contribution in [0.25, 0.3) is 16.9 Å². The molecule has 0 atom stereocenters. The molecule has 0 aliphatic heterocycles. The average Bonchev–Trinajstić information content (AvgIpc) is 3.11. The molecule has 0 saturated carbocycles. The Hall–Kier alpha value is -3.73. The van der Waals surface area contributed by atoms with Gasteiger partial charge in [-0.3, -0.25) is 9.78 Å². The standard InChI is InChI=1S/C23H20N4O/c1-17-21(23(28)25-16-18-12-14-24-15-13-18)22(19-8-4-2-5-9-19)27(26-17)20-10-6-3-7-11-20/h2-15H,16H2,1H3,(H,25,28). The summed E-state index contributed by atoms with van der Waals surface area (Å²) in [6, 6.07) is 23.5. The lowest BCUT2D eigenvalue weighted by molar-refractivity contribution is 0.0951. The first kappa shape index (κ1) is 17.7. The third kappa shape index (κ3) is 3.55. The third-order valence-corrected chi connectivity index (χ3v) is 4.54. The van der Waals surface area contributed by atoms with Crippen molar-refractivity contribution in [2.75, 3.05) is 0 Å². The van der Waals surface area contributed by atoms with Crippen molar-refractivity contribution in [3.63, 3.8) is 0 Å². The maximum Gasteiger partial charge on any atom is 0.255 e. The van der Waals surface area contributed by atoms with Crippen molar-refractivity contribution in [3.05, 3.63) is 102 Å². The van der Waals surface area contributed by atoms with Crippen LogP contribution in [0.4, 0.5) is 0 Å². The number of hydrogen-bond donors (Lipinski definition) is 1.